The highest BCUT2D eigenvalue weighted by atomic mass is 32.1. The van der Waals surface area contributed by atoms with E-state index in [2.05, 4.69) is 15.0 Å². The van der Waals surface area contributed by atoms with Gasteiger partial charge in [0.1, 0.15) is 5.69 Å². The van der Waals surface area contributed by atoms with Crippen molar-refractivity contribution in [1.82, 2.24) is 4.98 Å². The van der Waals surface area contributed by atoms with Gasteiger partial charge >= 0.3 is 6.61 Å². The fourth-order valence-corrected chi connectivity index (χ4v) is 1.90. The molecule has 0 fully saturated rings. The zero-order chi connectivity index (χ0) is 14.7. The average molecular weight is 303 g/mol. The van der Waals surface area contributed by atoms with Crippen molar-refractivity contribution in [3.05, 3.63) is 35.1 Å². The number of amides is 1. The number of rotatable bonds is 4. The first-order valence-electron chi connectivity index (χ1n) is 5.22. The van der Waals surface area contributed by atoms with Crippen molar-refractivity contribution in [2.24, 2.45) is 0 Å². The van der Waals surface area contributed by atoms with Gasteiger partial charge in [-0.25, -0.2) is 9.37 Å². The Morgan fingerprint density at radius 3 is 2.75 bits per heavy atom. The van der Waals surface area contributed by atoms with Crippen molar-refractivity contribution in [3.8, 4) is 5.75 Å². The normalized spacial score (nSPS) is 10.6. The van der Waals surface area contributed by atoms with E-state index in [0.717, 1.165) is 23.5 Å². The van der Waals surface area contributed by atoms with Gasteiger partial charge in [0.25, 0.3) is 5.91 Å². The minimum absolute atomic E-state index is 0.0840. The Morgan fingerprint density at radius 2 is 2.20 bits per heavy atom. The van der Waals surface area contributed by atoms with Gasteiger partial charge in [0, 0.05) is 17.1 Å². The van der Waals surface area contributed by atoms with Crippen LogP contribution in [0.2, 0.25) is 0 Å². The number of benzene rings is 1. The summed E-state index contributed by atoms with van der Waals surface area (Å²) in [5.74, 6) is -2.20. The number of nitrogens with zero attached hydrogens (tertiary/aromatic N) is 1. The first kappa shape index (κ1) is 14.1. The van der Waals surface area contributed by atoms with Crippen LogP contribution in [0.15, 0.2) is 23.6 Å². The topological polar surface area (TPSA) is 77.2 Å². The number of aromatic nitrogens is 1. The summed E-state index contributed by atoms with van der Waals surface area (Å²) in [4.78, 5) is 15.5. The summed E-state index contributed by atoms with van der Waals surface area (Å²) in [5.41, 5.74) is 5.55. The van der Waals surface area contributed by atoms with Gasteiger partial charge < -0.3 is 15.8 Å². The molecule has 9 heteroatoms. The highest BCUT2D eigenvalue weighted by Gasteiger charge is 2.13. The van der Waals surface area contributed by atoms with E-state index in [0.29, 0.717) is 0 Å². The van der Waals surface area contributed by atoms with Crippen molar-refractivity contribution in [2.75, 3.05) is 11.1 Å². The highest BCUT2D eigenvalue weighted by molar-refractivity contribution is 7.13. The molecule has 0 saturated carbocycles. The number of carbonyl (C=O) groups excluding carboxylic acids is 1. The predicted molar refractivity (Wildman–Crippen MR) is 67.5 cm³/mol. The molecule has 0 bridgehead atoms. The maximum absolute atomic E-state index is 13.4. The zero-order valence-electron chi connectivity index (χ0n) is 9.77. The minimum Gasteiger partial charge on any atom is -0.432 e. The van der Waals surface area contributed by atoms with Gasteiger partial charge in [-0.05, 0) is 12.1 Å². The third-order valence-electron chi connectivity index (χ3n) is 2.16. The lowest BCUT2D eigenvalue weighted by molar-refractivity contribution is -0.0521. The Bertz CT molecular complexity index is 633. The van der Waals surface area contributed by atoms with Gasteiger partial charge in [0.05, 0.1) is 0 Å². The number of carbonyl (C=O) groups is 1. The highest BCUT2D eigenvalue weighted by Crippen LogP contribution is 2.23. The number of nitrogen functional groups attached to an aromatic ring is 1. The first-order chi connectivity index (χ1) is 9.45. The molecular weight excluding hydrogens is 295 g/mol. The molecule has 5 nitrogen and oxygen atoms in total. The van der Waals surface area contributed by atoms with Crippen molar-refractivity contribution in [1.29, 1.82) is 0 Å². The number of hydrogen-bond acceptors (Lipinski definition) is 5. The van der Waals surface area contributed by atoms with Crippen molar-refractivity contribution >= 4 is 28.1 Å². The number of halogens is 3. The monoisotopic (exact) mass is 303 g/mol. The largest absolute Gasteiger partial charge is 0.432 e. The lowest BCUT2D eigenvalue weighted by Gasteiger charge is -2.08. The Balaban J connectivity index is 2.10. The van der Waals surface area contributed by atoms with Crippen molar-refractivity contribution in [3.63, 3.8) is 0 Å². The third kappa shape index (κ3) is 3.38. The molecule has 2 rings (SSSR count). The molecule has 0 atom stereocenters. The smallest absolute Gasteiger partial charge is 0.387 e. The first-order valence-corrected chi connectivity index (χ1v) is 6.10. The molecule has 0 aliphatic rings. The van der Waals surface area contributed by atoms with Crippen LogP contribution in [0.1, 0.15) is 10.5 Å². The van der Waals surface area contributed by atoms with Gasteiger partial charge in [0.2, 0.25) is 0 Å². The number of nitrogens with one attached hydrogen (secondary N) is 1. The lowest BCUT2D eigenvalue weighted by atomic mass is 10.3. The summed E-state index contributed by atoms with van der Waals surface area (Å²) in [7, 11) is 0. The summed E-state index contributed by atoms with van der Waals surface area (Å²) in [5, 5.41) is 4.02. The molecule has 0 spiro atoms. The second kappa shape index (κ2) is 5.78. The number of anilines is 2. The lowest BCUT2D eigenvalue weighted by Crippen LogP contribution is -2.13. The van der Waals surface area contributed by atoms with Crippen LogP contribution in [0.3, 0.4) is 0 Å². The average Bonchev–Trinajstić information content (AvgIpc) is 2.79. The number of ether oxygens (including phenoxy) is 1. The van der Waals surface area contributed by atoms with E-state index in [1.54, 1.807) is 0 Å². The van der Waals surface area contributed by atoms with E-state index in [4.69, 9.17) is 5.73 Å². The second-order valence-corrected chi connectivity index (χ2v) is 4.44. The zero-order valence-corrected chi connectivity index (χ0v) is 10.6. The van der Waals surface area contributed by atoms with Crippen LogP contribution < -0.4 is 15.8 Å². The van der Waals surface area contributed by atoms with E-state index in [9.17, 15) is 18.0 Å². The molecule has 1 heterocycles. The Kier molecular flexibility index (Phi) is 4.08. The minimum atomic E-state index is -3.12. The van der Waals surface area contributed by atoms with Crippen LogP contribution in [-0.2, 0) is 0 Å². The number of nitrogens with two attached hydrogens (primary N) is 1. The van der Waals surface area contributed by atoms with Crippen LogP contribution in [0, 0.1) is 5.82 Å². The number of thiazole rings is 1. The molecule has 0 radical (unpaired) electrons. The summed E-state index contributed by atoms with van der Waals surface area (Å²) in [6.07, 6.45) is 0. The molecule has 106 valence electrons. The molecule has 1 aromatic carbocycles. The van der Waals surface area contributed by atoms with Gasteiger partial charge in [-0.2, -0.15) is 8.78 Å². The summed E-state index contributed by atoms with van der Waals surface area (Å²) < 4.78 is 41.3. The van der Waals surface area contributed by atoms with Crippen molar-refractivity contribution in [2.45, 2.75) is 6.61 Å². The maximum atomic E-state index is 13.4. The molecule has 1 amide bonds. The number of alkyl halides is 2. The van der Waals surface area contributed by atoms with Crippen molar-refractivity contribution < 1.29 is 22.7 Å². The summed E-state index contributed by atoms with van der Waals surface area (Å²) in [6, 6.07) is 3.09. The van der Waals surface area contributed by atoms with Crippen LogP contribution in [0.5, 0.6) is 5.75 Å². The molecular formula is C11H8F3N3O2S. The Hall–Kier alpha value is -2.29. The van der Waals surface area contributed by atoms with Crippen LogP contribution >= 0.6 is 11.3 Å². The van der Waals surface area contributed by atoms with E-state index in [1.807, 2.05) is 0 Å². The standard InChI is InChI=1S/C11H8F3N3O2S/c12-6-3-5(1-2-8(6)19-10(13)14)16-9(18)7-4-20-11(15)17-7/h1-4,10H,(H2,15,17)(H,16,18). The molecule has 0 unspecified atom stereocenters. The quantitative estimate of drug-likeness (QED) is 0.910. The summed E-state index contributed by atoms with van der Waals surface area (Å²) >= 11 is 1.08. The van der Waals surface area contributed by atoms with Crippen LogP contribution in [0.25, 0.3) is 0 Å². The Morgan fingerprint density at radius 1 is 1.45 bits per heavy atom. The number of hydrogen-bond donors (Lipinski definition) is 2. The third-order valence-corrected chi connectivity index (χ3v) is 2.83. The molecule has 0 saturated heterocycles. The second-order valence-electron chi connectivity index (χ2n) is 3.55. The van der Waals surface area contributed by atoms with Gasteiger partial charge in [0.15, 0.2) is 16.7 Å². The van der Waals surface area contributed by atoms with E-state index in [-0.39, 0.29) is 16.5 Å². The fourth-order valence-electron chi connectivity index (χ4n) is 1.36. The SMILES string of the molecule is Nc1nc(C(=O)Nc2ccc(OC(F)F)c(F)c2)cs1. The molecule has 20 heavy (non-hydrogen) atoms. The molecule has 0 aliphatic carbocycles. The van der Waals surface area contributed by atoms with Gasteiger partial charge in [-0.15, -0.1) is 11.3 Å². The predicted octanol–water partition coefficient (Wildman–Crippen LogP) is 2.72. The Labute approximate surface area is 115 Å². The van der Waals surface area contributed by atoms with Crippen LogP contribution in [-0.4, -0.2) is 17.5 Å². The van der Waals surface area contributed by atoms with E-state index in [1.165, 1.54) is 11.4 Å². The molecule has 1 aromatic heterocycles. The summed E-state index contributed by atoms with van der Waals surface area (Å²) in [6.45, 7) is -3.12. The molecule has 0 aliphatic heterocycles. The van der Waals surface area contributed by atoms with Gasteiger partial charge in [-0.1, -0.05) is 0 Å². The molecule has 3 N–H and O–H groups in total. The fraction of sp³-hybridized carbons (Fsp3) is 0.0909. The maximum Gasteiger partial charge on any atom is 0.387 e. The van der Waals surface area contributed by atoms with Crippen LogP contribution in [0.4, 0.5) is 24.0 Å². The molecule has 2 aromatic rings. The van der Waals surface area contributed by atoms with E-state index < -0.39 is 24.1 Å². The van der Waals surface area contributed by atoms with Gasteiger partial charge in [-0.3, -0.25) is 4.79 Å². The van der Waals surface area contributed by atoms with E-state index >= 15 is 0 Å².